The van der Waals surface area contributed by atoms with Crippen LogP contribution in [0.5, 0.6) is 0 Å². The number of rotatable bonds is 3. The van der Waals surface area contributed by atoms with E-state index in [1.54, 1.807) is 0 Å². The lowest BCUT2D eigenvalue weighted by Gasteiger charge is -2.12. The summed E-state index contributed by atoms with van der Waals surface area (Å²) in [6.45, 7) is 0. The van der Waals surface area contributed by atoms with Gasteiger partial charge in [-0.3, -0.25) is 9.59 Å². The van der Waals surface area contributed by atoms with Crippen molar-refractivity contribution in [3.63, 3.8) is 0 Å². The van der Waals surface area contributed by atoms with Crippen molar-refractivity contribution in [2.24, 2.45) is 5.92 Å². The van der Waals surface area contributed by atoms with Crippen LogP contribution in [-0.4, -0.2) is 33.0 Å². The van der Waals surface area contributed by atoms with E-state index in [9.17, 15) is 14.0 Å². The van der Waals surface area contributed by atoms with Gasteiger partial charge in [-0.25, -0.2) is 9.37 Å². The van der Waals surface area contributed by atoms with Gasteiger partial charge in [0.05, 0.1) is 23.3 Å². The number of hydrogen-bond donors (Lipinski definition) is 3. The van der Waals surface area contributed by atoms with Gasteiger partial charge < -0.3 is 15.4 Å². The summed E-state index contributed by atoms with van der Waals surface area (Å²) >= 11 is 0. The predicted octanol–water partition coefficient (Wildman–Crippen LogP) is 1.69. The maximum atomic E-state index is 13.5. The molecule has 1 heterocycles. The summed E-state index contributed by atoms with van der Waals surface area (Å²) in [5, 5.41) is 11.7. The fraction of sp³-hybridized carbons (Fsp3) is 0.357. The highest BCUT2D eigenvalue weighted by molar-refractivity contribution is 6.04. The van der Waals surface area contributed by atoms with Gasteiger partial charge >= 0.3 is 5.97 Å². The van der Waals surface area contributed by atoms with Gasteiger partial charge in [-0.2, -0.15) is 0 Å². The fourth-order valence-corrected chi connectivity index (χ4v) is 2.79. The highest BCUT2D eigenvalue weighted by atomic mass is 19.1. The van der Waals surface area contributed by atoms with Crippen LogP contribution in [0.15, 0.2) is 18.5 Å². The maximum Gasteiger partial charge on any atom is 0.306 e. The first kappa shape index (κ1) is 13.5. The number of nitrogens with one attached hydrogen (secondary N) is 2. The van der Waals surface area contributed by atoms with Crippen LogP contribution in [0, 0.1) is 11.7 Å². The summed E-state index contributed by atoms with van der Waals surface area (Å²) in [7, 11) is 0. The normalized spacial score (nSPS) is 21.6. The Labute approximate surface area is 119 Å². The first-order valence-electron chi connectivity index (χ1n) is 6.71. The molecule has 1 saturated carbocycles. The number of halogens is 1. The number of imidazole rings is 1. The van der Waals surface area contributed by atoms with E-state index in [0.717, 1.165) is 6.07 Å². The summed E-state index contributed by atoms with van der Waals surface area (Å²) in [4.78, 5) is 30.0. The molecule has 1 aliphatic rings. The highest BCUT2D eigenvalue weighted by Gasteiger charge is 2.31. The average molecular weight is 291 g/mol. The zero-order chi connectivity index (χ0) is 15.0. The highest BCUT2D eigenvalue weighted by Crippen LogP contribution is 2.26. The molecule has 0 bridgehead atoms. The third-order valence-electron chi connectivity index (χ3n) is 3.85. The van der Waals surface area contributed by atoms with Crippen LogP contribution in [-0.2, 0) is 4.79 Å². The van der Waals surface area contributed by atoms with E-state index in [1.807, 2.05) is 0 Å². The van der Waals surface area contributed by atoms with Gasteiger partial charge in [-0.1, -0.05) is 0 Å². The van der Waals surface area contributed by atoms with Gasteiger partial charge in [0.1, 0.15) is 11.3 Å². The van der Waals surface area contributed by atoms with Gasteiger partial charge in [0.2, 0.25) is 0 Å². The van der Waals surface area contributed by atoms with E-state index in [1.165, 1.54) is 12.4 Å². The molecule has 2 atom stereocenters. The Morgan fingerprint density at radius 2 is 2.19 bits per heavy atom. The molecule has 2 aromatic rings. The average Bonchev–Trinajstić information content (AvgIpc) is 3.06. The molecular formula is C14H14FN3O3. The minimum Gasteiger partial charge on any atom is -0.481 e. The number of hydrogen-bond acceptors (Lipinski definition) is 3. The number of H-pyrrole nitrogens is 1. The number of nitrogens with zero attached hydrogens (tertiary/aromatic N) is 1. The Morgan fingerprint density at radius 3 is 2.90 bits per heavy atom. The number of fused-ring (bicyclic) bond motifs is 1. The van der Waals surface area contributed by atoms with Crippen molar-refractivity contribution in [2.75, 3.05) is 0 Å². The Morgan fingerprint density at radius 1 is 1.38 bits per heavy atom. The molecule has 6 nitrogen and oxygen atoms in total. The van der Waals surface area contributed by atoms with E-state index < -0.39 is 23.6 Å². The number of carbonyl (C=O) groups is 2. The molecule has 0 radical (unpaired) electrons. The SMILES string of the molecule is O=C(N[C@@H]1CC[C@H](C(=O)O)C1)c1cc(F)cc2[nH]cnc12. The van der Waals surface area contributed by atoms with Gasteiger partial charge in [0.25, 0.3) is 5.91 Å². The van der Waals surface area contributed by atoms with Crippen molar-refractivity contribution in [1.82, 2.24) is 15.3 Å². The largest absolute Gasteiger partial charge is 0.481 e. The molecule has 0 unspecified atom stereocenters. The van der Waals surface area contributed by atoms with Crippen LogP contribution in [0.25, 0.3) is 11.0 Å². The zero-order valence-electron chi connectivity index (χ0n) is 11.1. The second-order valence-corrected chi connectivity index (χ2v) is 5.27. The van der Waals surface area contributed by atoms with Gasteiger partial charge in [0.15, 0.2) is 0 Å². The Bertz CT molecular complexity index is 713. The first-order valence-corrected chi connectivity index (χ1v) is 6.71. The minimum atomic E-state index is -0.841. The first-order chi connectivity index (χ1) is 10.0. The topological polar surface area (TPSA) is 95.1 Å². The Kier molecular flexibility index (Phi) is 3.32. The van der Waals surface area contributed by atoms with Gasteiger partial charge in [-0.05, 0) is 31.4 Å². The third kappa shape index (κ3) is 2.58. The fourth-order valence-electron chi connectivity index (χ4n) is 2.79. The molecule has 0 spiro atoms. The lowest BCUT2D eigenvalue weighted by atomic mass is 10.1. The number of carboxylic acids is 1. The molecule has 3 rings (SSSR count). The number of carboxylic acid groups (broad SMARTS) is 1. The number of aliphatic carboxylic acids is 1. The lowest BCUT2D eigenvalue weighted by Crippen LogP contribution is -2.33. The van der Waals surface area contributed by atoms with Crippen molar-refractivity contribution < 1.29 is 19.1 Å². The summed E-state index contributed by atoms with van der Waals surface area (Å²) in [6, 6.07) is 2.22. The molecule has 1 aromatic carbocycles. The smallest absolute Gasteiger partial charge is 0.306 e. The van der Waals surface area contributed by atoms with Crippen LogP contribution in [0.4, 0.5) is 4.39 Å². The molecule has 1 aromatic heterocycles. The van der Waals surface area contributed by atoms with Gasteiger partial charge in [-0.15, -0.1) is 0 Å². The molecule has 3 N–H and O–H groups in total. The van der Waals surface area contributed by atoms with Crippen molar-refractivity contribution in [3.8, 4) is 0 Å². The third-order valence-corrected chi connectivity index (χ3v) is 3.85. The Hall–Kier alpha value is -2.44. The molecule has 0 saturated heterocycles. The summed E-state index contributed by atoms with van der Waals surface area (Å²) in [5.41, 5.74) is 1.02. The van der Waals surface area contributed by atoms with Crippen LogP contribution >= 0.6 is 0 Å². The van der Waals surface area contributed by atoms with Crippen LogP contribution in [0.2, 0.25) is 0 Å². The predicted molar refractivity (Wildman–Crippen MR) is 72.3 cm³/mol. The minimum absolute atomic E-state index is 0.157. The molecule has 110 valence electrons. The molecule has 21 heavy (non-hydrogen) atoms. The van der Waals surface area contributed by atoms with Crippen molar-refractivity contribution in [3.05, 3.63) is 29.8 Å². The molecular weight excluding hydrogens is 277 g/mol. The summed E-state index contributed by atoms with van der Waals surface area (Å²) in [5.74, 6) is -2.21. The van der Waals surface area contributed by atoms with E-state index in [-0.39, 0.29) is 11.6 Å². The summed E-state index contributed by atoms with van der Waals surface area (Å²) < 4.78 is 13.5. The maximum absolute atomic E-state index is 13.5. The van der Waals surface area contributed by atoms with E-state index in [0.29, 0.717) is 30.3 Å². The molecule has 1 amide bonds. The molecule has 0 aliphatic heterocycles. The van der Waals surface area contributed by atoms with Crippen LogP contribution in [0.3, 0.4) is 0 Å². The second kappa shape index (κ2) is 5.16. The molecule has 1 fully saturated rings. The number of carbonyl (C=O) groups excluding carboxylic acids is 1. The monoisotopic (exact) mass is 291 g/mol. The molecule has 1 aliphatic carbocycles. The number of benzene rings is 1. The van der Waals surface area contributed by atoms with E-state index >= 15 is 0 Å². The lowest BCUT2D eigenvalue weighted by molar-refractivity contribution is -0.141. The zero-order valence-corrected chi connectivity index (χ0v) is 11.1. The number of aromatic nitrogens is 2. The van der Waals surface area contributed by atoms with E-state index in [2.05, 4.69) is 15.3 Å². The quantitative estimate of drug-likeness (QED) is 0.802. The van der Waals surface area contributed by atoms with Crippen LogP contribution in [0.1, 0.15) is 29.6 Å². The van der Waals surface area contributed by atoms with Gasteiger partial charge in [0, 0.05) is 6.04 Å². The summed E-state index contributed by atoms with van der Waals surface area (Å²) in [6.07, 6.45) is 2.96. The standard InChI is InChI=1S/C14H14FN3O3/c15-8-4-10(12-11(5-8)16-6-17-12)13(19)18-9-2-1-7(3-9)14(20)21/h4-7,9H,1-3H2,(H,16,17)(H,18,19)(H,20,21)/t7-,9+/m0/s1. The number of aromatic amines is 1. The van der Waals surface area contributed by atoms with Crippen molar-refractivity contribution in [1.29, 1.82) is 0 Å². The van der Waals surface area contributed by atoms with Crippen molar-refractivity contribution in [2.45, 2.75) is 25.3 Å². The Balaban J connectivity index is 1.79. The van der Waals surface area contributed by atoms with Crippen molar-refractivity contribution >= 4 is 22.9 Å². The van der Waals surface area contributed by atoms with Crippen LogP contribution < -0.4 is 5.32 Å². The number of amides is 1. The second-order valence-electron chi connectivity index (χ2n) is 5.27. The molecule has 7 heteroatoms. The van der Waals surface area contributed by atoms with E-state index in [4.69, 9.17) is 5.11 Å².